The lowest BCUT2D eigenvalue weighted by Crippen LogP contribution is -2.29. The van der Waals surface area contributed by atoms with Gasteiger partial charge in [0, 0.05) is 16.2 Å². The lowest BCUT2D eigenvalue weighted by Gasteiger charge is -2.21. The lowest BCUT2D eigenvalue weighted by molar-refractivity contribution is 0.100. The number of nitrogens with one attached hydrogen (secondary N) is 1. The Balaban J connectivity index is 1.58. The zero-order valence-electron chi connectivity index (χ0n) is 15.4. The summed E-state index contributed by atoms with van der Waals surface area (Å²) in [6.45, 7) is 8.27. The second-order valence-corrected chi connectivity index (χ2v) is 9.86. The molecule has 1 N–H and O–H groups in total. The maximum atomic E-state index is 12.9. The van der Waals surface area contributed by atoms with Crippen LogP contribution in [0.15, 0.2) is 23.6 Å². The van der Waals surface area contributed by atoms with Crippen LogP contribution >= 0.6 is 22.7 Å². The molecule has 0 aliphatic heterocycles. The lowest BCUT2D eigenvalue weighted by atomic mass is 10.1. The van der Waals surface area contributed by atoms with Gasteiger partial charge in [-0.1, -0.05) is 0 Å². The number of aromatic nitrogens is 3. The molecule has 136 valence electrons. The topological polar surface area (TPSA) is 59.8 Å². The van der Waals surface area contributed by atoms with E-state index >= 15 is 0 Å². The molecule has 0 atom stereocenters. The fraction of sp³-hybridized carbons (Fsp3) is 0.421. The third-order valence-corrected chi connectivity index (χ3v) is 6.09. The molecule has 0 radical (unpaired) electrons. The summed E-state index contributed by atoms with van der Waals surface area (Å²) in [6.07, 6.45) is 2.33. The Kier molecular flexibility index (Phi) is 4.23. The number of anilines is 1. The predicted octanol–water partition coefficient (Wildman–Crippen LogP) is 5.26. The molecule has 1 aliphatic rings. The maximum absolute atomic E-state index is 12.9. The minimum atomic E-state index is -0.248. The molecule has 0 aromatic carbocycles. The predicted molar refractivity (Wildman–Crippen MR) is 107 cm³/mol. The van der Waals surface area contributed by atoms with Crippen LogP contribution in [0.4, 0.5) is 5.13 Å². The van der Waals surface area contributed by atoms with Crippen LogP contribution in [0.2, 0.25) is 0 Å². The summed E-state index contributed by atoms with van der Waals surface area (Å²) >= 11 is 3.16. The summed E-state index contributed by atoms with van der Waals surface area (Å²) in [6, 6.07) is 6.09. The van der Waals surface area contributed by atoms with E-state index in [-0.39, 0.29) is 11.4 Å². The van der Waals surface area contributed by atoms with E-state index in [0.29, 0.717) is 16.7 Å². The van der Waals surface area contributed by atoms with Crippen LogP contribution in [0.5, 0.6) is 0 Å². The van der Waals surface area contributed by atoms with Gasteiger partial charge in [0.05, 0.1) is 21.8 Å². The number of aryl methyl sites for hydroxylation is 1. The van der Waals surface area contributed by atoms with Crippen molar-refractivity contribution in [3.8, 4) is 10.6 Å². The molecule has 3 aromatic rings. The standard InChI is InChI=1S/C19H22N4OS2/c1-11-5-8-16(26-11)14-10-25-18(20-14)21-17(24)15-9-13(12-6-7-12)22-23(15)19(2,3)4/h5,8-10,12H,6-7H2,1-4H3,(H,20,21,24). The van der Waals surface area contributed by atoms with Crippen LogP contribution in [-0.4, -0.2) is 20.7 Å². The minimum absolute atomic E-state index is 0.150. The average Bonchev–Trinajstić information content (AvgIpc) is 2.99. The van der Waals surface area contributed by atoms with Gasteiger partial charge in [0.2, 0.25) is 0 Å². The molecular formula is C19H22N4OS2. The molecule has 3 heterocycles. The molecular weight excluding hydrogens is 364 g/mol. The third kappa shape index (κ3) is 3.46. The van der Waals surface area contributed by atoms with Crippen molar-refractivity contribution in [1.82, 2.24) is 14.8 Å². The third-order valence-electron chi connectivity index (χ3n) is 4.31. The molecule has 1 fully saturated rings. The van der Waals surface area contributed by atoms with Crippen LogP contribution in [-0.2, 0) is 5.54 Å². The number of thiazole rings is 1. The highest BCUT2D eigenvalue weighted by Gasteiger charge is 2.31. The zero-order chi connectivity index (χ0) is 18.5. The van der Waals surface area contributed by atoms with Crippen LogP contribution in [0.25, 0.3) is 10.6 Å². The second-order valence-electron chi connectivity index (χ2n) is 7.71. The number of carbonyl (C=O) groups excluding carboxylic acids is 1. The summed E-state index contributed by atoms with van der Waals surface area (Å²) in [5.41, 5.74) is 2.29. The Labute approximate surface area is 161 Å². The SMILES string of the molecule is Cc1ccc(-c2csc(NC(=O)c3cc(C4CC4)nn3C(C)(C)C)n2)s1. The molecule has 0 bridgehead atoms. The van der Waals surface area contributed by atoms with Crippen molar-refractivity contribution in [2.45, 2.75) is 52.0 Å². The Morgan fingerprint density at radius 1 is 1.31 bits per heavy atom. The normalized spacial score (nSPS) is 14.6. The molecule has 4 rings (SSSR count). The van der Waals surface area contributed by atoms with Crippen molar-refractivity contribution < 1.29 is 4.79 Å². The number of rotatable bonds is 4. The highest BCUT2D eigenvalue weighted by Crippen LogP contribution is 2.40. The number of carbonyl (C=O) groups is 1. The van der Waals surface area contributed by atoms with Gasteiger partial charge in [0.15, 0.2) is 5.13 Å². The molecule has 3 aromatic heterocycles. The van der Waals surface area contributed by atoms with Crippen molar-refractivity contribution >= 4 is 33.7 Å². The van der Waals surface area contributed by atoms with Gasteiger partial charge in [-0.3, -0.25) is 14.8 Å². The van der Waals surface area contributed by atoms with Crippen molar-refractivity contribution in [3.05, 3.63) is 39.8 Å². The van der Waals surface area contributed by atoms with E-state index in [9.17, 15) is 4.79 Å². The van der Waals surface area contributed by atoms with Gasteiger partial charge >= 0.3 is 0 Å². The van der Waals surface area contributed by atoms with Gasteiger partial charge in [-0.2, -0.15) is 5.10 Å². The summed E-state index contributed by atoms with van der Waals surface area (Å²) in [4.78, 5) is 19.8. The number of amides is 1. The van der Waals surface area contributed by atoms with Crippen molar-refractivity contribution in [1.29, 1.82) is 0 Å². The molecule has 26 heavy (non-hydrogen) atoms. The zero-order valence-corrected chi connectivity index (χ0v) is 17.0. The maximum Gasteiger partial charge on any atom is 0.275 e. The van der Waals surface area contributed by atoms with E-state index in [1.165, 1.54) is 16.2 Å². The van der Waals surface area contributed by atoms with E-state index in [1.807, 2.05) is 16.1 Å². The Bertz CT molecular complexity index is 957. The van der Waals surface area contributed by atoms with Gasteiger partial charge in [0.25, 0.3) is 5.91 Å². The van der Waals surface area contributed by atoms with Crippen LogP contribution in [0.3, 0.4) is 0 Å². The molecule has 1 saturated carbocycles. The smallest absolute Gasteiger partial charge is 0.275 e. The van der Waals surface area contributed by atoms with E-state index in [4.69, 9.17) is 5.10 Å². The van der Waals surface area contributed by atoms with E-state index in [0.717, 1.165) is 29.1 Å². The Morgan fingerprint density at radius 3 is 2.69 bits per heavy atom. The molecule has 0 spiro atoms. The first-order valence-electron chi connectivity index (χ1n) is 8.75. The van der Waals surface area contributed by atoms with Gasteiger partial charge in [-0.15, -0.1) is 22.7 Å². The summed E-state index contributed by atoms with van der Waals surface area (Å²) in [5.74, 6) is 0.362. The summed E-state index contributed by atoms with van der Waals surface area (Å²) in [7, 11) is 0. The monoisotopic (exact) mass is 386 g/mol. The van der Waals surface area contributed by atoms with Crippen LogP contribution in [0.1, 0.15) is 60.6 Å². The number of hydrogen-bond donors (Lipinski definition) is 1. The van der Waals surface area contributed by atoms with Gasteiger partial charge in [0.1, 0.15) is 5.69 Å². The largest absolute Gasteiger partial charge is 0.296 e. The minimum Gasteiger partial charge on any atom is -0.296 e. The first kappa shape index (κ1) is 17.4. The van der Waals surface area contributed by atoms with Crippen molar-refractivity contribution in [2.24, 2.45) is 0 Å². The van der Waals surface area contributed by atoms with Crippen LogP contribution in [0, 0.1) is 6.92 Å². The molecule has 7 heteroatoms. The molecule has 0 unspecified atom stereocenters. The van der Waals surface area contributed by atoms with E-state index in [1.54, 1.807) is 11.3 Å². The van der Waals surface area contributed by atoms with Gasteiger partial charge in [-0.05, 0) is 58.7 Å². The van der Waals surface area contributed by atoms with Gasteiger partial charge < -0.3 is 0 Å². The van der Waals surface area contributed by atoms with Crippen molar-refractivity contribution in [2.75, 3.05) is 5.32 Å². The fourth-order valence-electron chi connectivity index (χ4n) is 2.83. The van der Waals surface area contributed by atoms with E-state index in [2.05, 4.69) is 50.1 Å². The Morgan fingerprint density at radius 2 is 2.08 bits per heavy atom. The summed E-state index contributed by atoms with van der Waals surface area (Å²) < 4.78 is 1.84. The average molecular weight is 387 g/mol. The second kappa shape index (κ2) is 6.32. The quantitative estimate of drug-likeness (QED) is 0.665. The van der Waals surface area contributed by atoms with Gasteiger partial charge in [-0.25, -0.2) is 4.98 Å². The first-order chi connectivity index (χ1) is 12.3. The number of thiophene rings is 1. The molecule has 1 amide bonds. The van der Waals surface area contributed by atoms with Crippen LogP contribution < -0.4 is 5.32 Å². The number of nitrogens with zero attached hydrogens (tertiary/aromatic N) is 3. The summed E-state index contributed by atoms with van der Waals surface area (Å²) in [5, 5.41) is 10.3. The van der Waals surface area contributed by atoms with E-state index < -0.39 is 0 Å². The highest BCUT2D eigenvalue weighted by molar-refractivity contribution is 7.17. The Hall–Kier alpha value is -1.99. The first-order valence-corrected chi connectivity index (χ1v) is 10.4. The molecule has 0 saturated heterocycles. The number of hydrogen-bond acceptors (Lipinski definition) is 5. The molecule has 5 nitrogen and oxygen atoms in total. The van der Waals surface area contributed by atoms with Crippen molar-refractivity contribution in [3.63, 3.8) is 0 Å². The molecule has 1 aliphatic carbocycles. The highest BCUT2D eigenvalue weighted by atomic mass is 32.1. The fourth-order valence-corrected chi connectivity index (χ4v) is 4.44.